The van der Waals surface area contributed by atoms with Gasteiger partial charge in [0.25, 0.3) is 5.91 Å². The summed E-state index contributed by atoms with van der Waals surface area (Å²) in [6, 6.07) is 10.5. The van der Waals surface area contributed by atoms with Crippen molar-refractivity contribution in [3.8, 4) is 0 Å². The van der Waals surface area contributed by atoms with Gasteiger partial charge in [0.2, 0.25) is 5.91 Å². The van der Waals surface area contributed by atoms with Crippen LogP contribution >= 0.6 is 0 Å². The number of carbonyl (C=O) groups excluding carboxylic acids is 2. The quantitative estimate of drug-likeness (QED) is 0.653. The predicted octanol–water partition coefficient (Wildman–Crippen LogP) is 3.50. The number of carbonyl (C=O) groups is 2. The van der Waals surface area contributed by atoms with Crippen molar-refractivity contribution in [1.29, 1.82) is 0 Å². The Morgan fingerprint density at radius 3 is 2.59 bits per heavy atom. The number of anilines is 2. The molecule has 0 bridgehead atoms. The summed E-state index contributed by atoms with van der Waals surface area (Å²) in [5, 5.41) is 5.67. The van der Waals surface area contributed by atoms with Gasteiger partial charge in [0.1, 0.15) is 0 Å². The molecule has 4 N–H and O–H groups in total. The summed E-state index contributed by atoms with van der Waals surface area (Å²) in [7, 11) is 0. The summed E-state index contributed by atoms with van der Waals surface area (Å²) in [6.07, 6.45) is 8.17. The van der Waals surface area contributed by atoms with Crippen LogP contribution < -0.4 is 16.4 Å². The first-order valence-electron chi connectivity index (χ1n) is 9.49. The van der Waals surface area contributed by atoms with Crippen molar-refractivity contribution in [1.82, 2.24) is 10.3 Å². The molecule has 2 amide bonds. The fourth-order valence-corrected chi connectivity index (χ4v) is 3.38. The van der Waals surface area contributed by atoms with E-state index in [1.807, 2.05) is 12.1 Å². The number of nitrogens with zero attached hydrogens (tertiary/aromatic N) is 1. The predicted molar refractivity (Wildman–Crippen MR) is 106 cm³/mol. The van der Waals surface area contributed by atoms with Crippen LogP contribution in [-0.4, -0.2) is 16.8 Å². The van der Waals surface area contributed by atoms with Crippen LogP contribution in [0.1, 0.15) is 54.6 Å². The molecule has 3 rings (SSSR count). The van der Waals surface area contributed by atoms with Gasteiger partial charge in [-0.25, -0.2) is 0 Å². The number of amides is 2. The van der Waals surface area contributed by atoms with Crippen LogP contribution in [0.4, 0.5) is 11.4 Å². The molecule has 1 fully saturated rings. The number of hydrogen-bond donors (Lipinski definition) is 3. The van der Waals surface area contributed by atoms with Gasteiger partial charge < -0.3 is 16.4 Å². The molecule has 0 atom stereocenters. The van der Waals surface area contributed by atoms with Crippen LogP contribution in [0.5, 0.6) is 0 Å². The second-order valence-electron chi connectivity index (χ2n) is 7.05. The van der Waals surface area contributed by atoms with Crippen LogP contribution in [0.15, 0.2) is 42.6 Å². The Morgan fingerprint density at radius 1 is 1.11 bits per heavy atom. The molecule has 0 unspecified atom stereocenters. The molecule has 1 aromatic heterocycles. The molecular formula is C21H26N4O2. The van der Waals surface area contributed by atoms with Crippen LogP contribution in [-0.2, 0) is 11.3 Å². The molecule has 0 aliphatic heterocycles. The van der Waals surface area contributed by atoms with Gasteiger partial charge >= 0.3 is 0 Å². The lowest BCUT2D eigenvalue weighted by Crippen LogP contribution is -2.23. The van der Waals surface area contributed by atoms with E-state index in [0.717, 1.165) is 12.1 Å². The molecule has 1 aliphatic carbocycles. The van der Waals surface area contributed by atoms with Gasteiger partial charge in [-0.05, 0) is 36.6 Å². The molecule has 6 heteroatoms. The van der Waals surface area contributed by atoms with Crippen LogP contribution in [0.2, 0.25) is 0 Å². The number of benzene rings is 1. The van der Waals surface area contributed by atoms with E-state index in [2.05, 4.69) is 15.6 Å². The number of rotatable bonds is 7. The van der Waals surface area contributed by atoms with E-state index in [4.69, 9.17) is 5.73 Å². The highest BCUT2D eigenvalue weighted by molar-refractivity contribution is 6.05. The molecule has 1 saturated carbocycles. The summed E-state index contributed by atoms with van der Waals surface area (Å²) in [5.74, 6) is 0.503. The van der Waals surface area contributed by atoms with Crippen LogP contribution in [0, 0.1) is 5.92 Å². The Balaban J connectivity index is 1.46. The molecule has 1 aliphatic rings. The molecule has 0 radical (unpaired) electrons. The summed E-state index contributed by atoms with van der Waals surface area (Å²) in [4.78, 5) is 28.5. The van der Waals surface area contributed by atoms with E-state index < -0.39 is 0 Å². The highest BCUT2D eigenvalue weighted by atomic mass is 16.2. The number of nitrogens with two attached hydrogens (primary N) is 1. The topological polar surface area (TPSA) is 97.1 Å². The number of aromatic nitrogens is 1. The van der Waals surface area contributed by atoms with Crippen molar-refractivity contribution in [3.05, 3.63) is 53.9 Å². The van der Waals surface area contributed by atoms with Gasteiger partial charge in [0, 0.05) is 12.6 Å². The van der Waals surface area contributed by atoms with E-state index >= 15 is 0 Å². The number of nitrogens with one attached hydrogen (secondary N) is 2. The zero-order chi connectivity index (χ0) is 19.1. The highest BCUT2D eigenvalue weighted by Gasteiger charge is 2.16. The van der Waals surface area contributed by atoms with E-state index in [0.29, 0.717) is 35.8 Å². The van der Waals surface area contributed by atoms with Crippen LogP contribution in [0.3, 0.4) is 0 Å². The fraction of sp³-hybridized carbons (Fsp3) is 0.381. The second kappa shape index (κ2) is 9.16. The normalized spacial score (nSPS) is 14.1. The zero-order valence-electron chi connectivity index (χ0n) is 15.4. The Kier molecular flexibility index (Phi) is 6.41. The lowest BCUT2D eigenvalue weighted by molar-refractivity contribution is -0.121. The minimum Gasteiger partial charge on any atom is -0.397 e. The van der Waals surface area contributed by atoms with Gasteiger partial charge in [-0.15, -0.1) is 0 Å². The maximum absolute atomic E-state index is 12.3. The number of nitrogen functional groups attached to an aromatic ring is 1. The average Bonchev–Trinajstić information content (AvgIpc) is 3.20. The van der Waals surface area contributed by atoms with Gasteiger partial charge in [0.05, 0.1) is 29.2 Å². The molecule has 27 heavy (non-hydrogen) atoms. The average molecular weight is 366 g/mol. The van der Waals surface area contributed by atoms with Gasteiger partial charge in [-0.3, -0.25) is 14.6 Å². The largest absolute Gasteiger partial charge is 0.397 e. The van der Waals surface area contributed by atoms with Gasteiger partial charge in [-0.1, -0.05) is 37.8 Å². The second-order valence-corrected chi connectivity index (χ2v) is 7.05. The van der Waals surface area contributed by atoms with Crippen molar-refractivity contribution >= 4 is 23.2 Å². The van der Waals surface area contributed by atoms with Crippen LogP contribution in [0.25, 0.3) is 0 Å². The van der Waals surface area contributed by atoms with E-state index in [-0.39, 0.29) is 11.8 Å². The van der Waals surface area contributed by atoms with Gasteiger partial charge in [-0.2, -0.15) is 0 Å². The first kappa shape index (κ1) is 18.9. The summed E-state index contributed by atoms with van der Waals surface area (Å²) >= 11 is 0. The minimum absolute atomic E-state index is 0.0603. The van der Waals surface area contributed by atoms with E-state index in [1.54, 1.807) is 24.3 Å². The standard InChI is InChI=1S/C21H26N4O2/c22-18-7-3-4-8-19(18)25-21(27)16-10-11-17(23-13-16)14-24-20(26)12-9-15-5-1-2-6-15/h3-4,7-8,10-11,13,15H,1-2,5-6,9,12,14,22H2,(H,24,26)(H,25,27). The summed E-state index contributed by atoms with van der Waals surface area (Å²) < 4.78 is 0. The third-order valence-electron chi connectivity index (χ3n) is 5.02. The van der Waals surface area contributed by atoms with Gasteiger partial charge in [0.15, 0.2) is 0 Å². The third kappa shape index (κ3) is 5.54. The lowest BCUT2D eigenvalue weighted by Gasteiger charge is -2.10. The van der Waals surface area contributed by atoms with E-state index in [9.17, 15) is 9.59 Å². The maximum Gasteiger partial charge on any atom is 0.257 e. The summed E-state index contributed by atoms with van der Waals surface area (Å²) in [6.45, 7) is 0.372. The Labute approximate surface area is 159 Å². The Morgan fingerprint density at radius 2 is 1.89 bits per heavy atom. The molecule has 2 aromatic rings. The van der Waals surface area contributed by atoms with Crippen molar-refractivity contribution in [2.24, 2.45) is 5.92 Å². The number of para-hydroxylation sites is 2. The Bertz CT molecular complexity index is 783. The first-order chi connectivity index (χ1) is 13.1. The van der Waals surface area contributed by atoms with E-state index in [1.165, 1.54) is 31.9 Å². The van der Waals surface area contributed by atoms with Crippen molar-refractivity contribution in [3.63, 3.8) is 0 Å². The molecule has 0 saturated heterocycles. The molecular weight excluding hydrogens is 340 g/mol. The van der Waals surface area contributed by atoms with Crippen molar-refractivity contribution in [2.75, 3.05) is 11.1 Å². The Hall–Kier alpha value is -2.89. The molecule has 1 heterocycles. The molecule has 142 valence electrons. The summed E-state index contributed by atoms with van der Waals surface area (Å²) in [5.41, 5.74) is 8.07. The fourth-order valence-electron chi connectivity index (χ4n) is 3.38. The first-order valence-corrected chi connectivity index (χ1v) is 9.49. The molecule has 0 spiro atoms. The maximum atomic E-state index is 12.3. The van der Waals surface area contributed by atoms with Crippen molar-refractivity contribution < 1.29 is 9.59 Å². The molecule has 1 aromatic carbocycles. The van der Waals surface area contributed by atoms with Crippen molar-refractivity contribution in [2.45, 2.75) is 45.1 Å². The lowest BCUT2D eigenvalue weighted by atomic mass is 10.0. The highest BCUT2D eigenvalue weighted by Crippen LogP contribution is 2.28. The SMILES string of the molecule is Nc1ccccc1NC(=O)c1ccc(CNC(=O)CCC2CCCC2)nc1. The number of pyridine rings is 1. The molecule has 6 nitrogen and oxygen atoms in total. The minimum atomic E-state index is -0.271. The zero-order valence-corrected chi connectivity index (χ0v) is 15.4. The smallest absolute Gasteiger partial charge is 0.257 e. The monoisotopic (exact) mass is 366 g/mol. The third-order valence-corrected chi connectivity index (χ3v) is 5.02. The number of hydrogen-bond acceptors (Lipinski definition) is 4.